The van der Waals surface area contributed by atoms with E-state index in [-0.39, 0.29) is 11.2 Å². The van der Waals surface area contributed by atoms with E-state index in [1.54, 1.807) is 12.1 Å². The molecule has 2 N–H and O–H groups in total. The number of benzene rings is 4. The lowest BCUT2D eigenvalue weighted by Crippen LogP contribution is -2.00. The fraction of sp³-hybridized carbons (Fsp3) is 0. The van der Waals surface area contributed by atoms with Crippen molar-refractivity contribution in [3.05, 3.63) is 77.0 Å². The van der Waals surface area contributed by atoms with Gasteiger partial charge < -0.3 is 10.1 Å². The molecule has 0 aliphatic heterocycles. The number of aromatic amines is 1. The maximum Gasteiger partial charge on any atom is 0.227 e. The first-order chi connectivity index (χ1) is 11.7. The summed E-state index contributed by atoms with van der Waals surface area (Å²) >= 11 is 0. The predicted molar refractivity (Wildman–Crippen MR) is 98.8 cm³/mol. The van der Waals surface area contributed by atoms with Gasteiger partial charge in [-0.25, -0.2) is 0 Å². The summed E-state index contributed by atoms with van der Waals surface area (Å²) < 4.78 is 0. The van der Waals surface area contributed by atoms with E-state index in [4.69, 9.17) is 0 Å². The maximum absolute atomic E-state index is 12.2. The minimum Gasteiger partial charge on any atom is -0.504 e. The van der Waals surface area contributed by atoms with E-state index in [9.17, 15) is 9.90 Å². The Morgan fingerprint density at radius 2 is 1.38 bits per heavy atom. The number of aromatic hydroxyl groups is 1. The van der Waals surface area contributed by atoms with Crippen LogP contribution in [-0.2, 0) is 0 Å². The number of pyridine rings is 1. The number of hydrogen-bond acceptors (Lipinski definition) is 2. The van der Waals surface area contributed by atoms with Crippen LogP contribution in [0.5, 0.6) is 5.75 Å². The van der Waals surface area contributed by atoms with E-state index < -0.39 is 0 Å². The highest BCUT2D eigenvalue weighted by atomic mass is 16.3. The number of phenols is 1. The highest BCUT2D eigenvalue weighted by Crippen LogP contribution is 2.30. The van der Waals surface area contributed by atoms with Crippen LogP contribution in [0.2, 0.25) is 0 Å². The molecule has 0 spiro atoms. The van der Waals surface area contributed by atoms with Gasteiger partial charge in [0.05, 0.1) is 0 Å². The molecular formula is C21H13NO2. The first-order valence-corrected chi connectivity index (χ1v) is 7.81. The Hall–Kier alpha value is -3.33. The summed E-state index contributed by atoms with van der Waals surface area (Å²) in [6.45, 7) is 0. The molecule has 5 rings (SSSR count). The van der Waals surface area contributed by atoms with Crippen LogP contribution in [0.3, 0.4) is 0 Å². The number of fused-ring (bicyclic) bond motifs is 6. The van der Waals surface area contributed by atoms with Crippen LogP contribution in [0.1, 0.15) is 0 Å². The van der Waals surface area contributed by atoms with E-state index in [0.29, 0.717) is 5.39 Å². The maximum atomic E-state index is 12.2. The molecule has 0 aliphatic rings. The van der Waals surface area contributed by atoms with Gasteiger partial charge in [0, 0.05) is 27.2 Å². The quantitative estimate of drug-likeness (QED) is 0.322. The summed E-state index contributed by atoms with van der Waals surface area (Å²) in [7, 11) is 0. The molecule has 0 unspecified atom stereocenters. The molecule has 0 atom stereocenters. The number of nitrogens with one attached hydrogen (secondary N) is 1. The molecule has 0 amide bonds. The van der Waals surface area contributed by atoms with Gasteiger partial charge in [-0.1, -0.05) is 30.3 Å². The second-order valence-electron chi connectivity index (χ2n) is 6.05. The zero-order chi connectivity index (χ0) is 16.3. The fourth-order valence-corrected chi connectivity index (χ4v) is 3.50. The minimum absolute atomic E-state index is 0.211. The van der Waals surface area contributed by atoms with Crippen molar-refractivity contribution >= 4 is 43.4 Å². The molecule has 4 aromatic carbocycles. The van der Waals surface area contributed by atoms with Gasteiger partial charge in [-0.05, 0) is 52.6 Å². The lowest BCUT2D eigenvalue weighted by atomic mass is 10.00. The lowest BCUT2D eigenvalue weighted by molar-refractivity contribution is 0.471. The topological polar surface area (TPSA) is 53.1 Å². The van der Waals surface area contributed by atoms with Crippen LogP contribution in [0, 0.1) is 0 Å². The number of rotatable bonds is 0. The first-order valence-electron chi connectivity index (χ1n) is 7.81. The fourth-order valence-electron chi connectivity index (χ4n) is 3.50. The van der Waals surface area contributed by atoms with Crippen LogP contribution in [0.4, 0.5) is 0 Å². The van der Waals surface area contributed by atoms with Crippen molar-refractivity contribution in [2.45, 2.75) is 0 Å². The third kappa shape index (κ3) is 1.69. The monoisotopic (exact) mass is 311 g/mol. The van der Waals surface area contributed by atoms with Crippen LogP contribution in [-0.4, -0.2) is 10.1 Å². The first kappa shape index (κ1) is 13.1. The molecule has 0 radical (unpaired) electrons. The molecule has 0 bridgehead atoms. The van der Waals surface area contributed by atoms with E-state index in [2.05, 4.69) is 35.3 Å². The Bertz CT molecular complexity index is 1330. The van der Waals surface area contributed by atoms with Gasteiger partial charge >= 0.3 is 0 Å². The molecule has 24 heavy (non-hydrogen) atoms. The molecule has 1 heterocycles. The third-order valence-electron chi connectivity index (χ3n) is 4.70. The van der Waals surface area contributed by atoms with Crippen molar-refractivity contribution in [3.8, 4) is 5.75 Å². The van der Waals surface area contributed by atoms with Gasteiger partial charge in [0.1, 0.15) is 0 Å². The van der Waals surface area contributed by atoms with E-state index in [1.807, 2.05) is 18.2 Å². The molecule has 5 aromatic rings. The molecule has 0 fully saturated rings. The molecule has 1 aromatic heterocycles. The van der Waals surface area contributed by atoms with Gasteiger partial charge in [0.2, 0.25) is 5.43 Å². The minimum atomic E-state index is -0.326. The van der Waals surface area contributed by atoms with E-state index in [1.165, 1.54) is 16.8 Å². The summed E-state index contributed by atoms with van der Waals surface area (Å²) in [5.41, 5.74) is 1.70. The van der Waals surface area contributed by atoms with Gasteiger partial charge in [-0.3, -0.25) is 4.79 Å². The van der Waals surface area contributed by atoms with Crippen LogP contribution >= 0.6 is 0 Å². The Kier molecular flexibility index (Phi) is 2.51. The average Bonchev–Trinajstić information content (AvgIpc) is 2.63. The Balaban J connectivity index is 2.04. The van der Waals surface area contributed by atoms with E-state index in [0.717, 1.165) is 27.2 Å². The predicted octanol–water partition coefficient (Wildman–Crippen LogP) is 4.69. The highest BCUT2D eigenvalue weighted by molar-refractivity contribution is 6.14. The van der Waals surface area contributed by atoms with Gasteiger partial charge in [0.15, 0.2) is 5.75 Å². The second kappa shape index (κ2) is 4.59. The molecule has 3 heteroatoms. The second-order valence-corrected chi connectivity index (χ2v) is 6.05. The average molecular weight is 311 g/mol. The summed E-state index contributed by atoms with van der Waals surface area (Å²) in [5.74, 6) is -0.211. The van der Waals surface area contributed by atoms with Gasteiger partial charge in [0.25, 0.3) is 0 Å². The Labute approximate surface area is 136 Å². The molecular weight excluding hydrogens is 298 g/mol. The summed E-state index contributed by atoms with van der Waals surface area (Å²) in [5, 5.41) is 15.5. The number of H-pyrrole nitrogens is 1. The van der Waals surface area contributed by atoms with Crippen molar-refractivity contribution in [2.24, 2.45) is 0 Å². The Morgan fingerprint density at radius 3 is 2.25 bits per heavy atom. The normalized spacial score (nSPS) is 11.7. The SMILES string of the molecule is O=c1c(O)ccc2c1ccc1[nH]c3ccc4ccccc4c3cc12. The highest BCUT2D eigenvalue weighted by Gasteiger charge is 2.09. The molecule has 114 valence electrons. The third-order valence-corrected chi connectivity index (χ3v) is 4.70. The van der Waals surface area contributed by atoms with Crippen LogP contribution in [0.25, 0.3) is 43.4 Å². The van der Waals surface area contributed by atoms with Crippen molar-refractivity contribution < 1.29 is 5.11 Å². The van der Waals surface area contributed by atoms with Gasteiger partial charge in [-0.2, -0.15) is 0 Å². The number of aromatic nitrogens is 1. The molecule has 0 aliphatic carbocycles. The van der Waals surface area contributed by atoms with Crippen molar-refractivity contribution in [1.82, 2.24) is 4.98 Å². The van der Waals surface area contributed by atoms with Crippen LogP contribution < -0.4 is 5.43 Å². The standard InChI is InChI=1S/C21H13NO2/c23-20-10-7-14-15(21(20)24)6-9-19-17(14)11-16-13-4-2-1-3-12(13)5-8-18(16)22-19/h1-11,22-23H. The largest absolute Gasteiger partial charge is 0.504 e. The van der Waals surface area contributed by atoms with Crippen molar-refractivity contribution in [1.29, 1.82) is 0 Å². The Morgan fingerprint density at radius 1 is 0.667 bits per heavy atom. The van der Waals surface area contributed by atoms with Crippen molar-refractivity contribution in [3.63, 3.8) is 0 Å². The van der Waals surface area contributed by atoms with Crippen LogP contribution in [0.15, 0.2) is 71.5 Å². The molecule has 0 saturated heterocycles. The smallest absolute Gasteiger partial charge is 0.227 e. The molecule has 0 saturated carbocycles. The summed E-state index contributed by atoms with van der Waals surface area (Å²) in [4.78, 5) is 15.7. The number of hydrogen-bond donors (Lipinski definition) is 2. The molecule has 3 nitrogen and oxygen atoms in total. The number of phenolic OH excluding ortho intramolecular Hbond substituents is 1. The van der Waals surface area contributed by atoms with Gasteiger partial charge in [-0.15, -0.1) is 0 Å². The summed E-state index contributed by atoms with van der Waals surface area (Å²) in [6.07, 6.45) is 0. The lowest BCUT2D eigenvalue weighted by Gasteiger charge is -2.09. The van der Waals surface area contributed by atoms with Crippen molar-refractivity contribution in [2.75, 3.05) is 0 Å². The zero-order valence-corrected chi connectivity index (χ0v) is 12.7. The zero-order valence-electron chi connectivity index (χ0n) is 12.7. The van der Waals surface area contributed by atoms with E-state index >= 15 is 0 Å². The summed E-state index contributed by atoms with van der Waals surface area (Å²) in [6, 6.07) is 21.5.